The number of rotatable bonds is 4. The molecule has 1 unspecified atom stereocenters. The molecule has 0 aliphatic carbocycles. The topological polar surface area (TPSA) is 167 Å². The molecule has 0 radical (unpaired) electrons. The summed E-state index contributed by atoms with van der Waals surface area (Å²) in [7, 11) is 0. The molecule has 0 aliphatic rings. The molecule has 0 spiro atoms. The lowest BCUT2D eigenvalue weighted by Crippen LogP contribution is -2.32. The zero-order valence-corrected chi connectivity index (χ0v) is 11.0. The molecule has 0 bridgehead atoms. The van der Waals surface area contributed by atoms with Crippen LogP contribution >= 0.6 is 0 Å². The number of hydrogen-bond acceptors (Lipinski definition) is 4. The molecule has 8 N–H and O–H groups in total. The maximum atomic E-state index is 8.93. The average Bonchev–Trinajstić information content (AvgIpc) is 2.25. The maximum absolute atomic E-state index is 8.93. The van der Waals surface area contributed by atoms with Gasteiger partial charge in [0.15, 0.2) is 0 Å². The van der Waals surface area contributed by atoms with E-state index in [1.807, 2.05) is 13.8 Å². The predicted molar refractivity (Wildman–Crippen MR) is 66.2 cm³/mol. The van der Waals surface area contributed by atoms with E-state index in [-0.39, 0.29) is 18.6 Å². The molecule has 110 valence electrons. The van der Waals surface area contributed by atoms with Crippen molar-refractivity contribution < 1.29 is 30.0 Å². The van der Waals surface area contributed by atoms with Gasteiger partial charge in [0.05, 0.1) is 13.2 Å². The van der Waals surface area contributed by atoms with Crippen LogP contribution in [0.15, 0.2) is 0 Å². The third kappa shape index (κ3) is 16.9. The molecular formula is C10H24N2O6. The molecule has 0 aromatic rings. The van der Waals surface area contributed by atoms with Crippen molar-refractivity contribution >= 4 is 12.2 Å². The highest BCUT2D eigenvalue weighted by Gasteiger charge is 2.28. The largest absolute Gasteiger partial charge is 0.465 e. The predicted octanol–water partition coefficient (Wildman–Crippen LogP) is 0.270. The molecule has 0 aromatic carbocycles. The Morgan fingerprint density at radius 2 is 1.33 bits per heavy atom. The van der Waals surface area contributed by atoms with Gasteiger partial charge >= 0.3 is 12.2 Å². The van der Waals surface area contributed by atoms with Crippen molar-refractivity contribution in [1.29, 1.82) is 0 Å². The van der Waals surface area contributed by atoms with Gasteiger partial charge in [-0.1, -0.05) is 27.2 Å². The summed E-state index contributed by atoms with van der Waals surface area (Å²) in [6, 6.07) is 0. The van der Waals surface area contributed by atoms with E-state index >= 15 is 0 Å². The number of aliphatic hydroxyl groups is 2. The summed E-state index contributed by atoms with van der Waals surface area (Å²) < 4.78 is 0. The molecule has 1 atom stereocenters. The molecule has 2 amide bonds. The van der Waals surface area contributed by atoms with Gasteiger partial charge in [-0.2, -0.15) is 0 Å². The number of nitrogens with two attached hydrogens (primary N) is 2. The molecular weight excluding hydrogens is 244 g/mol. The Morgan fingerprint density at radius 1 is 1.11 bits per heavy atom. The first kappa shape index (κ1) is 21.7. The molecule has 0 saturated carbocycles. The zero-order valence-electron chi connectivity index (χ0n) is 11.0. The van der Waals surface area contributed by atoms with Crippen LogP contribution in [-0.2, 0) is 0 Å². The minimum absolute atomic E-state index is 0.0680. The molecule has 8 nitrogen and oxygen atoms in total. The van der Waals surface area contributed by atoms with E-state index in [0.29, 0.717) is 5.92 Å². The Balaban J connectivity index is -0.000000233. The fourth-order valence-corrected chi connectivity index (χ4v) is 0.854. The Bertz CT molecular complexity index is 210. The van der Waals surface area contributed by atoms with Gasteiger partial charge in [0.2, 0.25) is 0 Å². The van der Waals surface area contributed by atoms with Crippen LogP contribution in [0.4, 0.5) is 9.59 Å². The zero-order chi connectivity index (χ0) is 15.4. The van der Waals surface area contributed by atoms with Gasteiger partial charge in [-0.15, -0.1) is 0 Å². The quantitative estimate of drug-likeness (QED) is 0.427. The first-order valence-electron chi connectivity index (χ1n) is 5.25. The van der Waals surface area contributed by atoms with Crippen molar-refractivity contribution in [3.63, 3.8) is 0 Å². The van der Waals surface area contributed by atoms with Crippen LogP contribution in [0.3, 0.4) is 0 Å². The normalized spacial score (nSPS) is 11.2. The number of carbonyl (C=O) groups is 2. The molecule has 0 heterocycles. The van der Waals surface area contributed by atoms with Crippen molar-refractivity contribution in [1.82, 2.24) is 0 Å². The van der Waals surface area contributed by atoms with Crippen molar-refractivity contribution in [3.8, 4) is 0 Å². The Hall–Kier alpha value is -1.54. The Morgan fingerprint density at radius 3 is 1.39 bits per heavy atom. The standard InChI is InChI=1S/C8H18O2.2CH3NO2/c1-4-7(2)8(3,5-9)6-10;2*2-1(3)4/h7,9-10H,4-6H2,1-3H3;2*2H2,(H,3,4). The number of hydrogen-bond donors (Lipinski definition) is 6. The molecule has 8 heteroatoms. The van der Waals surface area contributed by atoms with Gasteiger partial charge in [0.25, 0.3) is 0 Å². The second-order valence-corrected chi connectivity index (χ2v) is 3.96. The van der Waals surface area contributed by atoms with E-state index in [1.54, 1.807) is 0 Å². The lowest BCUT2D eigenvalue weighted by Gasteiger charge is -2.30. The second kappa shape index (κ2) is 11.9. The van der Waals surface area contributed by atoms with Gasteiger partial charge in [-0.25, -0.2) is 9.59 Å². The summed E-state index contributed by atoms with van der Waals surface area (Å²) in [5.41, 5.74) is 7.76. The highest BCUT2D eigenvalue weighted by atomic mass is 16.4. The van der Waals surface area contributed by atoms with E-state index in [1.165, 1.54) is 0 Å². The van der Waals surface area contributed by atoms with Crippen molar-refractivity contribution in [3.05, 3.63) is 0 Å². The molecule has 18 heavy (non-hydrogen) atoms. The number of aliphatic hydroxyl groups excluding tert-OH is 2. The van der Waals surface area contributed by atoms with Crippen molar-refractivity contribution in [2.45, 2.75) is 27.2 Å². The van der Waals surface area contributed by atoms with Crippen LogP contribution in [0.25, 0.3) is 0 Å². The van der Waals surface area contributed by atoms with Crippen molar-refractivity contribution in [2.24, 2.45) is 22.8 Å². The Labute approximate surface area is 106 Å². The first-order valence-corrected chi connectivity index (χ1v) is 5.25. The fraction of sp³-hybridized carbons (Fsp3) is 0.800. The highest BCUT2D eigenvalue weighted by Crippen LogP contribution is 2.27. The maximum Gasteiger partial charge on any atom is 0.402 e. The molecule has 0 aromatic heterocycles. The lowest BCUT2D eigenvalue weighted by atomic mass is 9.78. The van der Waals surface area contributed by atoms with Crippen LogP contribution in [0, 0.1) is 11.3 Å². The van der Waals surface area contributed by atoms with Gasteiger partial charge in [-0.05, 0) is 5.92 Å². The average molecular weight is 268 g/mol. The molecule has 0 saturated heterocycles. The number of amides is 2. The van der Waals surface area contributed by atoms with Crippen molar-refractivity contribution in [2.75, 3.05) is 13.2 Å². The SMILES string of the molecule is CCC(C)C(C)(CO)CO.NC(=O)O.NC(=O)O. The third-order valence-electron chi connectivity index (χ3n) is 2.52. The fourth-order valence-electron chi connectivity index (χ4n) is 0.854. The van der Waals surface area contributed by atoms with Crippen LogP contribution in [-0.4, -0.2) is 45.8 Å². The van der Waals surface area contributed by atoms with Crippen LogP contribution in [0.2, 0.25) is 0 Å². The molecule has 0 rings (SSSR count). The van der Waals surface area contributed by atoms with Gasteiger partial charge in [-0.3, -0.25) is 0 Å². The van der Waals surface area contributed by atoms with E-state index in [4.69, 9.17) is 30.0 Å². The van der Waals surface area contributed by atoms with Gasteiger partial charge < -0.3 is 31.9 Å². The smallest absolute Gasteiger partial charge is 0.402 e. The molecule has 0 fully saturated rings. The summed E-state index contributed by atoms with van der Waals surface area (Å²) in [5.74, 6) is 0.377. The van der Waals surface area contributed by atoms with Crippen LogP contribution < -0.4 is 11.5 Å². The highest BCUT2D eigenvalue weighted by molar-refractivity contribution is 5.61. The Kier molecular flexibility index (Phi) is 14.4. The van der Waals surface area contributed by atoms with E-state index < -0.39 is 12.2 Å². The summed E-state index contributed by atoms with van der Waals surface area (Å²) in [6.45, 7) is 6.15. The second-order valence-electron chi connectivity index (χ2n) is 3.96. The van der Waals surface area contributed by atoms with E-state index in [9.17, 15) is 0 Å². The van der Waals surface area contributed by atoms with Crippen LogP contribution in [0.5, 0.6) is 0 Å². The summed E-state index contributed by atoms with van der Waals surface area (Å²) in [5, 5.41) is 32.2. The first-order chi connectivity index (χ1) is 8.07. The third-order valence-corrected chi connectivity index (χ3v) is 2.52. The monoisotopic (exact) mass is 268 g/mol. The minimum Gasteiger partial charge on any atom is -0.465 e. The minimum atomic E-state index is -1.33. The lowest BCUT2D eigenvalue weighted by molar-refractivity contribution is 0.0243. The van der Waals surface area contributed by atoms with Gasteiger partial charge in [0.1, 0.15) is 0 Å². The molecule has 0 aliphatic heterocycles. The number of primary amides is 2. The van der Waals surface area contributed by atoms with Crippen LogP contribution in [0.1, 0.15) is 27.2 Å². The van der Waals surface area contributed by atoms with Gasteiger partial charge in [0, 0.05) is 5.41 Å². The van der Waals surface area contributed by atoms with E-state index in [2.05, 4.69) is 18.4 Å². The summed E-state index contributed by atoms with van der Waals surface area (Å²) in [6.07, 6.45) is -1.67. The van der Waals surface area contributed by atoms with E-state index in [0.717, 1.165) is 6.42 Å². The summed E-state index contributed by atoms with van der Waals surface area (Å²) >= 11 is 0. The number of carboxylic acid groups (broad SMARTS) is 2. The summed E-state index contributed by atoms with van der Waals surface area (Å²) in [4.78, 5) is 17.6.